The molecule has 0 atom stereocenters. The molecule has 0 amide bonds. The number of hydrogen-bond donors (Lipinski definition) is 1. The van der Waals surface area contributed by atoms with E-state index >= 15 is 0 Å². The van der Waals surface area contributed by atoms with Crippen LogP contribution in [0.5, 0.6) is 5.75 Å². The molecule has 0 heterocycles. The van der Waals surface area contributed by atoms with E-state index in [1.807, 2.05) is 0 Å². The molecule has 3 heteroatoms. The minimum Gasteiger partial charge on any atom is -0.507 e. The van der Waals surface area contributed by atoms with Crippen molar-refractivity contribution in [1.29, 1.82) is 0 Å². The molecule has 0 radical (unpaired) electrons. The maximum absolute atomic E-state index is 11.7. The average molecular weight is 269 g/mol. The quantitative estimate of drug-likeness (QED) is 0.783. The Kier molecular flexibility index (Phi) is 2.38. The van der Waals surface area contributed by atoms with Crippen molar-refractivity contribution in [3.05, 3.63) is 27.7 Å². The number of hydrogen-bond acceptors (Lipinski definition) is 2. The van der Waals surface area contributed by atoms with Gasteiger partial charge < -0.3 is 5.11 Å². The zero-order chi connectivity index (χ0) is 11.2. The van der Waals surface area contributed by atoms with Gasteiger partial charge in [-0.05, 0) is 45.5 Å². The van der Waals surface area contributed by atoms with Gasteiger partial charge in [-0.25, -0.2) is 0 Å². The number of fused-ring (bicyclic) bond motifs is 1. The zero-order valence-corrected chi connectivity index (χ0v) is 10.4. The first-order chi connectivity index (χ1) is 6.92. The van der Waals surface area contributed by atoms with Crippen molar-refractivity contribution in [1.82, 2.24) is 0 Å². The highest BCUT2D eigenvalue weighted by molar-refractivity contribution is 9.10. The van der Waals surface area contributed by atoms with Crippen LogP contribution < -0.4 is 0 Å². The van der Waals surface area contributed by atoms with Crippen LogP contribution in [0.25, 0.3) is 0 Å². The predicted molar refractivity (Wildman–Crippen MR) is 62.4 cm³/mol. The Balaban J connectivity index is 2.68. The Labute approximate surface area is 97.4 Å². The van der Waals surface area contributed by atoms with Crippen molar-refractivity contribution in [2.75, 3.05) is 0 Å². The molecule has 1 aromatic carbocycles. The van der Waals surface area contributed by atoms with Crippen LogP contribution in [0.15, 0.2) is 16.6 Å². The number of ketones is 1. The summed E-state index contributed by atoms with van der Waals surface area (Å²) < 4.78 is 0.590. The van der Waals surface area contributed by atoms with Crippen LogP contribution in [0.3, 0.4) is 0 Å². The van der Waals surface area contributed by atoms with Gasteiger partial charge in [0.05, 0.1) is 4.47 Å². The summed E-state index contributed by atoms with van der Waals surface area (Å²) in [7, 11) is 0. The minimum atomic E-state index is -0.0264. The van der Waals surface area contributed by atoms with Gasteiger partial charge in [-0.2, -0.15) is 0 Å². The third-order valence-corrected chi connectivity index (χ3v) is 3.73. The third-order valence-electron chi connectivity index (χ3n) is 3.09. The highest BCUT2D eigenvalue weighted by Crippen LogP contribution is 2.40. The summed E-state index contributed by atoms with van der Waals surface area (Å²) in [4.78, 5) is 11.7. The number of carbonyl (C=O) groups is 1. The standard InChI is InChI=1S/C12H13BrO2/c1-12(2)4-3-10(14)7-5-9(13)11(15)6-8(7)12/h5-6,15H,3-4H2,1-2H3. The summed E-state index contributed by atoms with van der Waals surface area (Å²) in [5, 5.41) is 9.64. The SMILES string of the molecule is CC1(C)CCC(=O)c2cc(Br)c(O)cc21. The van der Waals surface area contributed by atoms with Crippen LogP contribution in [0.4, 0.5) is 0 Å². The zero-order valence-electron chi connectivity index (χ0n) is 8.80. The van der Waals surface area contributed by atoms with Crippen LogP contribution in [-0.4, -0.2) is 10.9 Å². The Morgan fingerprint density at radius 3 is 2.73 bits per heavy atom. The molecule has 2 rings (SSSR count). The maximum Gasteiger partial charge on any atom is 0.163 e. The number of aromatic hydroxyl groups is 1. The second-order valence-corrected chi connectivity index (χ2v) is 5.51. The van der Waals surface area contributed by atoms with E-state index in [2.05, 4.69) is 29.8 Å². The van der Waals surface area contributed by atoms with Crippen molar-refractivity contribution in [2.45, 2.75) is 32.1 Å². The van der Waals surface area contributed by atoms with Gasteiger partial charge in [0.2, 0.25) is 0 Å². The second-order valence-electron chi connectivity index (χ2n) is 4.66. The first-order valence-corrected chi connectivity index (χ1v) is 5.77. The molecule has 1 N–H and O–H groups in total. The number of halogens is 1. The summed E-state index contributed by atoms with van der Waals surface area (Å²) in [6, 6.07) is 3.43. The monoisotopic (exact) mass is 268 g/mol. The van der Waals surface area contributed by atoms with E-state index in [9.17, 15) is 9.90 Å². The van der Waals surface area contributed by atoms with E-state index in [-0.39, 0.29) is 16.9 Å². The van der Waals surface area contributed by atoms with Crippen LogP contribution >= 0.6 is 15.9 Å². The van der Waals surface area contributed by atoms with E-state index < -0.39 is 0 Å². The first kappa shape index (κ1) is 10.7. The molecule has 2 nitrogen and oxygen atoms in total. The fourth-order valence-corrected chi connectivity index (χ4v) is 2.39. The Morgan fingerprint density at radius 1 is 1.40 bits per heavy atom. The normalized spacial score (nSPS) is 18.7. The van der Waals surface area contributed by atoms with E-state index in [0.29, 0.717) is 10.9 Å². The van der Waals surface area contributed by atoms with E-state index in [0.717, 1.165) is 17.5 Å². The largest absolute Gasteiger partial charge is 0.507 e. The lowest BCUT2D eigenvalue weighted by Crippen LogP contribution is -2.27. The van der Waals surface area contributed by atoms with Gasteiger partial charge in [0.25, 0.3) is 0 Å². The van der Waals surface area contributed by atoms with Crippen molar-refractivity contribution in [3.63, 3.8) is 0 Å². The molecule has 0 aliphatic heterocycles. The second kappa shape index (κ2) is 3.34. The highest BCUT2D eigenvalue weighted by Gasteiger charge is 2.32. The van der Waals surface area contributed by atoms with E-state index in [4.69, 9.17) is 0 Å². The van der Waals surface area contributed by atoms with Gasteiger partial charge in [0.1, 0.15) is 5.75 Å². The molecule has 0 bridgehead atoms. The van der Waals surface area contributed by atoms with Gasteiger partial charge in [0.15, 0.2) is 5.78 Å². The van der Waals surface area contributed by atoms with Crippen molar-refractivity contribution in [3.8, 4) is 5.75 Å². The third kappa shape index (κ3) is 1.69. The topological polar surface area (TPSA) is 37.3 Å². The molecule has 1 aromatic rings. The number of phenolic OH excluding ortho intramolecular Hbond substituents is 1. The molecule has 0 spiro atoms. The van der Waals surface area contributed by atoms with Crippen LogP contribution in [0.2, 0.25) is 0 Å². The maximum atomic E-state index is 11.7. The van der Waals surface area contributed by atoms with Gasteiger partial charge in [-0.15, -0.1) is 0 Å². The Morgan fingerprint density at radius 2 is 2.07 bits per heavy atom. The summed E-state index contributed by atoms with van der Waals surface area (Å²) in [5.41, 5.74) is 1.68. The van der Waals surface area contributed by atoms with Crippen LogP contribution in [-0.2, 0) is 5.41 Å². The van der Waals surface area contributed by atoms with Crippen LogP contribution in [0.1, 0.15) is 42.6 Å². The van der Waals surface area contributed by atoms with Crippen molar-refractivity contribution < 1.29 is 9.90 Å². The van der Waals surface area contributed by atoms with E-state index in [1.165, 1.54) is 0 Å². The molecule has 1 aliphatic carbocycles. The van der Waals surface area contributed by atoms with E-state index in [1.54, 1.807) is 12.1 Å². The summed E-state index contributed by atoms with van der Waals surface area (Å²) in [5.74, 6) is 0.376. The Hall–Kier alpha value is -0.830. The highest BCUT2D eigenvalue weighted by atomic mass is 79.9. The average Bonchev–Trinajstić information content (AvgIpc) is 2.16. The molecule has 80 valence electrons. The fraction of sp³-hybridized carbons (Fsp3) is 0.417. The van der Waals surface area contributed by atoms with Crippen molar-refractivity contribution >= 4 is 21.7 Å². The number of carbonyl (C=O) groups excluding carboxylic acids is 1. The molecule has 0 fully saturated rings. The number of benzene rings is 1. The van der Waals surface area contributed by atoms with Gasteiger partial charge >= 0.3 is 0 Å². The molecule has 0 unspecified atom stereocenters. The van der Waals surface area contributed by atoms with Crippen molar-refractivity contribution in [2.24, 2.45) is 0 Å². The van der Waals surface area contributed by atoms with Gasteiger partial charge in [-0.1, -0.05) is 13.8 Å². The number of phenols is 1. The molecular formula is C12H13BrO2. The molecule has 0 saturated heterocycles. The predicted octanol–water partition coefficient (Wildman–Crippen LogP) is 3.41. The first-order valence-electron chi connectivity index (χ1n) is 4.98. The lowest BCUT2D eigenvalue weighted by molar-refractivity contribution is 0.0956. The molecule has 15 heavy (non-hydrogen) atoms. The van der Waals surface area contributed by atoms with Crippen LogP contribution in [0, 0.1) is 0 Å². The number of rotatable bonds is 0. The summed E-state index contributed by atoms with van der Waals surface area (Å²) >= 11 is 3.24. The minimum absolute atomic E-state index is 0.0264. The lowest BCUT2D eigenvalue weighted by atomic mass is 9.72. The molecular weight excluding hydrogens is 256 g/mol. The summed E-state index contributed by atoms with van der Waals surface area (Å²) in [6.07, 6.45) is 1.44. The van der Waals surface area contributed by atoms with Gasteiger partial charge in [-0.3, -0.25) is 4.79 Å². The molecule has 1 aliphatic rings. The van der Waals surface area contributed by atoms with Gasteiger partial charge in [0, 0.05) is 12.0 Å². The Bertz CT molecular complexity index is 435. The lowest BCUT2D eigenvalue weighted by Gasteiger charge is -2.31. The number of Topliss-reactive ketones (excluding diaryl/α,β-unsaturated/α-hetero) is 1. The molecule has 0 aromatic heterocycles. The summed E-state index contributed by atoms with van der Waals surface area (Å²) in [6.45, 7) is 4.21. The smallest absolute Gasteiger partial charge is 0.163 e. The fourth-order valence-electron chi connectivity index (χ4n) is 2.05. The molecule has 0 saturated carbocycles.